The lowest BCUT2D eigenvalue weighted by Crippen LogP contribution is -2.51. The molecule has 0 spiro atoms. The molecule has 0 aromatic carbocycles. The number of anilines is 2. The molecule has 2 saturated heterocycles. The fourth-order valence-corrected chi connectivity index (χ4v) is 4.27. The maximum atomic E-state index is 12.5. The van der Waals surface area contributed by atoms with Crippen molar-refractivity contribution in [1.82, 2.24) is 9.88 Å². The van der Waals surface area contributed by atoms with E-state index < -0.39 is 0 Å². The highest BCUT2D eigenvalue weighted by Crippen LogP contribution is 2.28. The van der Waals surface area contributed by atoms with Gasteiger partial charge in [-0.2, -0.15) is 0 Å². The van der Waals surface area contributed by atoms with Gasteiger partial charge in [0.05, 0.1) is 22.8 Å². The summed E-state index contributed by atoms with van der Waals surface area (Å²) in [6.07, 6.45) is 6.94. The average Bonchev–Trinajstić information content (AvgIpc) is 2.56. The molecule has 0 saturated carbocycles. The zero-order valence-corrected chi connectivity index (χ0v) is 13.0. The van der Waals surface area contributed by atoms with Crippen molar-refractivity contribution in [1.29, 1.82) is 0 Å². The molecular formula is C15H22N4OS. The van der Waals surface area contributed by atoms with Crippen LogP contribution < -0.4 is 10.6 Å². The predicted octanol–water partition coefficient (Wildman–Crippen LogP) is 1.60. The first kappa shape index (κ1) is 14.5. The van der Waals surface area contributed by atoms with Gasteiger partial charge >= 0.3 is 0 Å². The molecule has 1 unspecified atom stereocenters. The van der Waals surface area contributed by atoms with Crippen LogP contribution in [0.25, 0.3) is 0 Å². The smallest absolute Gasteiger partial charge is 0.235 e. The molecule has 1 atom stereocenters. The molecule has 3 rings (SSSR count). The molecule has 2 fully saturated rings. The molecule has 3 heterocycles. The molecule has 0 radical (unpaired) electrons. The van der Waals surface area contributed by atoms with Gasteiger partial charge in [-0.15, -0.1) is 11.8 Å². The van der Waals surface area contributed by atoms with Gasteiger partial charge in [0.25, 0.3) is 0 Å². The molecule has 0 aliphatic carbocycles. The summed E-state index contributed by atoms with van der Waals surface area (Å²) in [6.45, 7) is 3.27. The maximum absolute atomic E-state index is 12.5. The van der Waals surface area contributed by atoms with E-state index in [2.05, 4.69) is 9.88 Å². The normalized spacial score (nSPS) is 23.1. The topological polar surface area (TPSA) is 62.5 Å². The van der Waals surface area contributed by atoms with E-state index in [1.54, 1.807) is 12.4 Å². The van der Waals surface area contributed by atoms with Crippen molar-refractivity contribution in [3.05, 3.63) is 18.5 Å². The quantitative estimate of drug-likeness (QED) is 0.899. The van der Waals surface area contributed by atoms with Crippen LogP contribution in [0.5, 0.6) is 0 Å². The van der Waals surface area contributed by atoms with Crippen LogP contribution in [0, 0.1) is 0 Å². The van der Waals surface area contributed by atoms with Gasteiger partial charge in [-0.3, -0.25) is 9.78 Å². The lowest BCUT2D eigenvalue weighted by atomic mass is 10.1. The summed E-state index contributed by atoms with van der Waals surface area (Å²) in [5.74, 6) is 1.46. The van der Waals surface area contributed by atoms with Gasteiger partial charge in [0.15, 0.2) is 0 Å². The van der Waals surface area contributed by atoms with E-state index >= 15 is 0 Å². The molecule has 114 valence electrons. The number of piperazine rings is 1. The minimum Gasteiger partial charge on any atom is -0.396 e. The van der Waals surface area contributed by atoms with Gasteiger partial charge in [0.2, 0.25) is 5.91 Å². The van der Waals surface area contributed by atoms with E-state index in [1.165, 1.54) is 12.8 Å². The first-order valence-electron chi connectivity index (χ1n) is 7.60. The Labute approximate surface area is 129 Å². The minimum atomic E-state index is 0.191. The molecule has 6 heteroatoms. The molecule has 1 amide bonds. The molecule has 2 N–H and O–H groups in total. The number of rotatable bonds is 2. The molecule has 1 aromatic heterocycles. The molecule has 21 heavy (non-hydrogen) atoms. The zero-order valence-electron chi connectivity index (χ0n) is 12.2. The molecule has 1 aromatic rings. The second-order valence-electron chi connectivity index (χ2n) is 5.60. The van der Waals surface area contributed by atoms with Gasteiger partial charge in [-0.05, 0) is 24.7 Å². The number of nitrogens with two attached hydrogens (primary N) is 1. The van der Waals surface area contributed by atoms with Crippen molar-refractivity contribution < 1.29 is 4.79 Å². The fourth-order valence-electron chi connectivity index (χ4n) is 2.99. The van der Waals surface area contributed by atoms with E-state index in [0.29, 0.717) is 11.6 Å². The van der Waals surface area contributed by atoms with Crippen molar-refractivity contribution in [2.45, 2.75) is 24.5 Å². The third-order valence-corrected chi connectivity index (χ3v) is 5.58. The Morgan fingerprint density at radius 3 is 2.76 bits per heavy atom. The van der Waals surface area contributed by atoms with Crippen molar-refractivity contribution in [3.8, 4) is 0 Å². The number of hydrogen-bond donors (Lipinski definition) is 1. The Morgan fingerprint density at radius 2 is 2.10 bits per heavy atom. The number of thioether (sulfide) groups is 1. The van der Waals surface area contributed by atoms with Crippen LogP contribution in [-0.4, -0.2) is 53.0 Å². The summed E-state index contributed by atoms with van der Waals surface area (Å²) in [5.41, 5.74) is 7.71. The average molecular weight is 306 g/mol. The highest BCUT2D eigenvalue weighted by atomic mass is 32.2. The minimum absolute atomic E-state index is 0.191. The molecular weight excluding hydrogens is 284 g/mol. The number of hydrogen-bond acceptors (Lipinski definition) is 5. The Kier molecular flexibility index (Phi) is 4.53. The predicted molar refractivity (Wildman–Crippen MR) is 87.5 cm³/mol. The van der Waals surface area contributed by atoms with E-state index in [-0.39, 0.29) is 5.25 Å². The highest BCUT2D eigenvalue weighted by Gasteiger charge is 2.29. The highest BCUT2D eigenvalue weighted by molar-refractivity contribution is 8.00. The number of carbonyl (C=O) groups excluding carboxylic acids is 1. The molecule has 0 bridgehead atoms. The van der Waals surface area contributed by atoms with E-state index in [9.17, 15) is 4.79 Å². The van der Waals surface area contributed by atoms with Gasteiger partial charge in [-0.25, -0.2) is 0 Å². The number of carbonyl (C=O) groups is 1. The van der Waals surface area contributed by atoms with Gasteiger partial charge in [0.1, 0.15) is 0 Å². The summed E-state index contributed by atoms with van der Waals surface area (Å²) in [4.78, 5) is 20.8. The van der Waals surface area contributed by atoms with Crippen LogP contribution >= 0.6 is 11.8 Å². The first-order valence-corrected chi connectivity index (χ1v) is 8.65. The summed E-state index contributed by atoms with van der Waals surface area (Å²) >= 11 is 1.83. The lowest BCUT2D eigenvalue weighted by Gasteiger charge is -2.38. The van der Waals surface area contributed by atoms with Gasteiger partial charge < -0.3 is 15.5 Å². The van der Waals surface area contributed by atoms with E-state index in [4.69, 9.17) is 5.73 Å². The van der Waals surface area contributed by atoms with Crippen molar-refractivity contribution in [2.75, 3.05) is 42.6 Å². The number of amides is 1. The second kappa shape index (κ2) is 6.56. The number of aromatic nitrogens is 1. The standard InChI is InChI=1S/C15H22N4OS/c16-12-11-17-5-4-13(12)18-6-8-19(9-7-18)15(20)14-3-1-2-10-21-14/h4-5,11,14H,1-3,6-10,16H2. The van der Waals surface area contributed by atoms with Crippen LogP contribution in [0.3, 0.4) is 0 Å². The largest absolute Gasteiger partial charge is 0.396 e. The van der Waals surface area contributed by atoms with Crippen molar-refractivity contribution in [3.63, 3.8) is 0 Å². The molecule has 2 aliphatic rings. The summed E-state index contributed by atoms with van der Waals surface area (Å²) in [5, 5.41) is 0.191. The summed E-state index contributed by atoms with van der Waals surface area (Å²) < 4.78 is 0. The third-order valence-electron chi connectivity index (χ3n) is 4.22. The summed E-state index contributed by atoms with van der Waals surface area (Å²) in [7, 11) is 0. The maximum Gasteiger partial charge on any atom is 0.235 e. The molecule has 2 aliphatic heterocycles. The number of pyridine rings is 1. The number of nitrogen functional groups attached to an aromatic ring is 1. The van der Waals surface area contributed by atoms with Crippen LogP contribution in [0.4, 0.5) is 11.4 Å². The Hall–Kier alpha value is -1.43. The zero-order chi connectivity index (χ0) is 14.7. The Morgan fingerprint density at radius 1 is 1.29 bits per heavy atom. The van der Waals surface area contributed by atoms with Crippen LogP contribution in [-0.2, 0) is 4.79 Å². The van der Waals surface area contributed by atoms with E-state index in [0.717, 1.165) is 44.0 Å². The monoisotopic (exact) mass is 306 g/mol. The Bertz CT molecular complexity index is 496. The Balaban J connectivity index is 1.57. The third kappa shape index (κ3) is 3.26. The van der Waals surface area contributed by atoms with Crippen LogP contribution in [0.15, 0.2) is 18.5 Å². The SMILES string of the molecule is Nc1cnccc1N1CCN(C(=O)C2CCCCS2)CC1. The lowest BCUT2D eigenvalue weighted by molar-refractivity contribution is -0.131. The van der Waals surface area contributed by atoms with Crippen molar-refractivity contribution in [2.24, 2.45) is 0 Å². The number of nitrogens with zero attached hydrogens (tertiary/aromatic N) is 3. The van der Waals surface area contributed by atoms with Crippen molar-refractivity contribution >= 4 is 29.0 Å². The van der Waals surface area contributed by atoms with Crippen LogP contribution in [0.1, 0.15) is 19.3 Å². The van der Waals surface area contributed by atoms with Gasteiger partial charge in [0, 0.05) is 32.4 Å². The second-order valence-corrected chi connectivity index (χ2v) is 6.91. The van der Waals surface area contributed by atoms with Crippen LogP contribution in [0.2, 0.25) is 0 Å². The first-order chi connectivity index (χ1) is 10.3. The fraction of sp³-hybridized carbons (Fsp3) is 0.600. The van der Waals surface area contributed by atoms with Gasteiger partial charge in [-0.1, -0.05) is 6.42 Å². The summed E-state index contributed by atoms with van der Waals surface area (Å²) in [6, 6.07) is 1.95. The van der Waals surface area contributed by atoms with E-state index in [1.807, 2.05) is 22.7 Å². The molecule has 5 nitrogen and oxygen atoms in total.